The van der Waals surface area contributed by atoms with Gasteiger partial charge in [-0.05, 0) is 143 Å². The summed E-state index contributed by atoms with van der Waals surface area (Å²) in [7, 11) is 0. The zero-order valence-corrected chi connectivity index (χ0v) is 44.3. The van der Waals surface area contributed by atoms with Gasteiger partial charge in [0.1, 0.15) is 0 Å². The quantitative estimate of drug-likeness (QED) is 0.0662. The van der Waals surface area contributed by atoms with Crippen LogP contribution in [0.25, 0.3) is 101 Å². The molecule has 86 heavy (non-hydrogen) atoms. The molecule has 6 N–H and O–H groups in total. The van der Waals surface area contributed by atoms with Gasteiger partial charge in [0.2, 0.25) is 0 Å². The molecule has 0 amide bonds. The third-order valence-corrected chi connectivity index (χ3v) is 15.9. The number of carboxylic acid groups (broad SMARTS) is 6. The van der Waals surface area contributed by atoms with Gasteiger partial charge in [-0.15, -0.1) is 0 Å². The van der Waals surface area contributed by atoms with E-state index < -0.39 is 47.7 Å². The van der Waals surface area contributed by atoms with E-state index in [2.05, 4.69) is 0 Å². The van der Waals surface area contributed by atoms with Crippen molar-refractivity contribution in [2.75, 3.05) is 0 Å². The van der Waals surface area contributed by atoms with Gasteiger partial charge in [-0.1, -0.05) is 72.8 Å². The number of aromatic nitrogens is 6. The molecule has 9 aromatic carbocycles. The summed E-state index contributed by atoms with van der Waals surface area (Å²) in [6, 6.07) is 49.5. The lowest BCUT2D eigenvalue weighted by Crippen LogP contribution is -2.28. The maximum Gasteiger partial charge on any atom is 0.335 e. The molecule has 0 atom stereocenters. The highest BCUT2D eigenvalue weighted by Crippen LogP contribution is 2.58. The van der Waals surface area contributed by atoms with E-state index >= 15 is 0 Å². The Morgan fingerprint density at radius 1 is 0.221 bits per heavy atom. The Morgan fingerprint density at radius 2 is 0.349 bits per heavy atom. The van der Waals surface area contributed by atoms with Gasteiger partial charge in [0.25, 0.3) is 0 Å². The van der Waals surface area contributed by atoms with Crippen LogP contribution in [0, 0.1) is 0 Å². The van der Waals surface area contributed by atoms with Crippen LogP contribution in [0.5, 0.6) is 0 Å². The first-order chi connectivity index (χ1) is 41.5. The lowest BCUT2D eigenvalue weighted by Gasteiger charge is -2.42. The zero-order chi connectivity index (χ0) is 59.4. The van der Waals surface area contributed by atoms with Crippen molar-refractivity contribution in [3.63, 3.8) is 0 Å². The van der Waals surface area contributed by atoms with Crippen LogP contribution in [0.4, 0.5) is 0 Å². The monoisotopic (exact) mass is 1130 g/mol. The molecule has 12 aromatic rings. The summed E-state index contributed by atoms with van der Waals surface area (Å²) >= 11 is 0. The van der Waals surface area contributed by atoms with Crippen molar-refractivity contribution in [2.24, 2.45) is 0 Å². The third kappa shape index (κ3) is 8.67. The SMILES string of the molecule is O=C(O)c1ccc(-c2nc3cc4c(cc3nc2-c2ccc(C(=O)O)cc2)C2c3cc5nc(-c6ccc(C(=O)O)cc6)c(-c6ccc(C(=O)O)cc6)nc5cc3C4c3cc4nc(-c5ccc(C(=O)O)cc5)c(-c5ccc(C(=O)O)cc5)nc4cc32)cc1. The minimum Gasteiger partial charge on any atom is -0.478 e. The van der Waals surface area contributed by atoms with Crippen molar-refractivity contribution >= 4 is 68.9 Å². The Labute approximate surface area is 484 Å². The summed E-state index contributed by atoms with van der Waals surface area (Å²) in [5, 5.41) is 58.8. The van der Waals surface area contributed by atoms with Crippen LogP contribution < -0.4 is 0 Å². The molecule has 18 heteroatoms. The molecule has 2 bridgehead atoms. The topological polar surface area (TPSA) is 301 Å². The standard InChI is InChI=1S/C68H38N6O12/c75-63(76)37-13-1-31(2-14-37)57-58(32-3-15-38(16-4-32)64(77)78)70-50-26-44-43(25-49(50)69-57)55-45-27-51-53(73-61(35-9-21-41(22-10-35)67(83)84)59(71-51)33-5-17-39(18-6-33)65(79)80)29-47(45)56(44)48-30-54-52(28-46(48)55)72-60(34-7-19-40(20-8-34)66(81)82)62(74-54)36-11-23-42(24-12-36)68(85)86/h1-30,55-56H,(H,75,76)(H,77,78)(H,79,80)(H,81,82)(H,83,84)(H,85,86). The molecule has 0 aliphatic heterocycles. The molecule has 15 rings (SSSR count). The maximum atomic E-state index is 12.0. The predicted octanol–water partition coefficient (Wildman–Crippen LogP) is 12.7. The molecule has 18 nitrogen and oxygen atoms in total. The number of hydrogen-bond donors (Lipinski definition) is 6. The second-order valence-corrected chi connectivity index (χ2v) is 20.8. The smallest absolute Gasteiger partial charge is 0.335 e. The predicted molar refractivity (Wildman–Crippen MR) is 315 cm³/mol. The molecular weight excluding hydrogens is 1090 g/mol. The van der Waals surface area contributed by atoms with Gasteiger partial charge in [-0.25, -0.2) is 58.7 Å². The molecule has 0 unspecified atom stereocenters. The van der Waals surface area contributed by atoms with E-state index in [0.29, 0.717) is 101 Å². The van der Waals surface area contributed by atoms with E-state index in [1.807, 2.05) is 36.4 Å². The first-order valence-corrected chi connectivity index (χ1v) is 26.6. The van der Waals surface area contributed by atoms with Crippen molar-refractivity contribution < 1.29 is 59.4 Å². The Bertz CT molecular complexity index is 4170. The van der Waals surface area contributed by atoms with Gasteiger partial charge in [-0.2, -0.15) is 0 Å². The summed E-state index contributed by atoms with van der Waals surface area (Å²) in [4.78, 5) is 104. The van der Waals surface area contributed by atoms with E-state index in [-0.39, 0.29) is 33.4 Å². The number of carbonyl (C=O) groups is 6. The molecule has 3 aromatic heterocycles. The van der Waals surface area contributed by atoms with E-state index in [9.17, 15) is 59.4 Å². The van der Waals surface area contributed by atoms with Crippen LogP contribution in [-0.2, 0) is 0 Å². The van der Waals surface area contributed by atoms with Gasteiger partial charge in [0, 0.05) is 45.2 Å². The Kier molecular flexibility index (Phi) is 11.9. The second kappa shape index (κ2) is 19.8. The summed E-state index contributed by atoms with van der Waals surface area (Å²) < 4.78 is 0. The molecular formula is C68H38N6O12. The van der Waals surface area contributed by atoms with Crippen molar-refractivity contribution in [3.8, 4) is 67.5 Å². The fraction of sp³-hybridized carbons (Fsp3) is 0.0294. The Balaban J connectivity index is 1.02. The number of carboxylic acids is 6. The normalized spacial score (nSPS) is 13.7. The van der Waals surface area contributed by atoms with E-state index in [1.165, 1.54) is 72.8 Å². The summed E-state index contributed by atoms with van der Waals surface area (Å²) in [5.74, 6) is -7.72. The summed E-state index contributed by atoms with van der Waals surface area (Å²) in [6.45, 7) is 0. The first kappa shape index (κ1) is 51.9. The zero-order valence-electron chi connectivity index (χ0n) is 44.3. The van der Waals surface area contributed by atoms with Gasteiger partial charge in [0.15, 0.2) is 0 Å². The largest absolute Gasteiger partial charge is 0.478 e. The fourth-order valence-electron chi connectivity index (χ4n) is 11.7. The van der Waals surface area contributed by atoms with E-state index in [4.69, 9.17) is 29.9 Å². The van der Waals surface area contributed by atoms with Gasteiger partial charge in [0.05, 0.1) is 101 Å². The van der Waals surface area contributed by atoms with Crippen molar-refractivity contribution in [1.82, 2.24) is 29.9 Å². The molecule has 0 spiro atoms. The molecule has 0 fully saturated rings. The van der Waals surface area contributed by atoms with E-state index in [1.54, 1.807) is 72.8 Å². The van der Waals surface area contributed by atoms with Crippen molar-refractivity contribution in [1.29, 1.82) is 0 Å². The second-order valence-electron chi connectivity index (χ2n) is 20.8. The molecule has 412 valence electrons. The average molecular weight is 1130 g/mol. The summed E-state index contributed by atoms with van der Waals surface area (Å²) in [6.07, 6.45) is 0. The number of aromatic carboxylic acids is 6. The highest BCUT2D eigenvalue weighted by molar-refractivity contribution is 5.98. The fourth-order valence-corrected chi connectivity index (χ4v) is 11.7. The van der Waals surface area contributed by atoms with Crippen molar-refractivity contribution in [3.05, 3.63) is 249 Å². The van der Waals surface area contributed by atoms with Crippen LogP contribution in [0.15, 0.2) is 182 Å². The molecule has 0 radical (unpaired) electrons. The lowest BCUT2D eigenvalue weighted by molar-refractivity contribution is 0.0686. The van der Waals surface area contributed by atoms with Crippen LogP contribution in [-0.4, -0.2) is 96.4 Å². The van der Waals surface area contributed by atoms with Gasteiger partial charge < -0.3 is 30.6 Å². The van der Waals surface area contributed by atoms with E-state index in [0.717, 1.165) is 33.4 Å². The lowest BCUT2D eigenvalue weighted by atomic mass is 9.61. The van der Waals surface area contributed by atoms with Gasteiger partial charge in [-0.3, -0.25) is 0 Å². The van der Waals surface area contributed by atoms with Crippen molar-refractivity contribution in [2.45, 2.75) is 11.8 Å². The molecule has 3 heterocycles. The highest BCUT2D eigenvalue weighted by Gasteiger charge is 2.43. The average Bonchev–Trinajstić information content (AvgIpc) is 0.770. The minimum absolute atomic E-state index is 0.0642. The number of nitrogens with zero attached hydrogens (tertiary/aromatic N) is 6. The summed E-state index contributed by atoms with van der Waals surface area (Å²) in [5.41, 5.74) is 14.5. The molecule has 0 saturated carbocycles. The molecule has 0 saturated heterocycles. The number of fused-ring (bicyclic) bond motifs is 3. The number of rotatable bonds is 12. The van der Waals surface area contributed by atoms with Crippen LogP contribution in [0.2, 0.25) is 0 Å². The van der Waals surface area contributed by atoms with Crippen LogP contribution >= 0.6 is 0 Å². The number of benzene rings is 9. The number of hydrogen-bond acceptors (Lipinski definition) is 12. The Hall–Kier alpha value is -12.2. The Morgan fingerprint density at radius 3 is 0.465 bits per heavy atom. The van der Waals surface area contributed by atoms with Gasteiger partial charge >= 0.3 is 35.8 Å². The van der Waals surface area contributed by atoms with Crippen LogP contribution in [0.1, 0.15) is 107 Å². The third-order valence-electron chi connectivity index (χ3n) is 15.9. The first-order valence-electron chi connectivity index (χ1n) is 26.6. The maximum absolute atomic E-state index is 12.0. The highest BCUT2D eigenvalue weighted by atomic mass is 16.4. The molecule has 3 aliphatic rings. The minimum atomic E-state index is -1.11. The van der Waals surface area contributed by atoms with Crippen LogP contribution in [0.3, 0.4) is 0 Å². The molecule has 3 aliphatic carbocycles.